The Balaban J connectivity index is 2.30. The van der Waals surface area contributed by atoms with Gasteiger partial charge in [0.05, 0.1) is 16.5 Å². The van der Waals surface area contributed by atoms with Gasteiger partial charge in [0.25, 0.3) is 5.91 Å². The van der Waals surface area contributed by atoms with Crippen molar-refractivity contribution in [2.45, 2.75) is 0 Å². The average molecular weight is 330 g/mol. The number of methoxy groups -OCH3 is 1. The molecule has 0 spiro atoms. The summed E-state index contributed by atoms with van der Waals surface area (Å²) in [4.78, 5) is 12.1. The molecule has 1 heterocycles. The van der Waals surface area contributed by atoms with Crippen LogP contribution in [0.3, 0.4) is 0 Å². The van der Waals surface area contributed by atoms with E-state index < -0.39 is 0 Å². The molecule has 0 bridgehead atoms. The zero-order chi connectivity index (χ0) is 12.4. The third-order valence-corrected chi connectivity index (χ3v) is 3.90. The molecule has 88 valence electrons. The maximum atomic E-state index is 11.5. The van der Waals surface area contributed by atoms with Gasteiger partial charge in [0.2, 0.25) is 0 Å². The average Bonchev–Trinajstić information content (AvgIpc) is 2.58. The predicted octanol–water partition coefficient (Wildman–Crippen LogP) is 2.95. The number of ether oxygens (including phenoxy) is 1. The van der Waals surface area contributed by atoms with E-state index in [1.165, 1.54) is 11.8 Å². The topological polar surface area (TPSA) is 38.3 Å². The van der Waals surface area contributed by atoms with Gasteiger partial charge in [-0.3, -0.25) is 4.79 Å². The van der Waals surface area contributed by atoms with Gasteiger partial charge in [0, 0.05) is 0 Å². The molecule has 2 rings (SSSR count). The molecule has 1 aromatic carbocycles. The number of amides is 1. The second kappa shape index (κ2) is 5.20. The number of nitrogens with one attached hydrogen (secondary N) is 1. The second-order valence-corrected chi connectivity index (χ2v) is 5.82. The van der Waals surface area contributed by atoms with Crippen LogP contribution >= 0.6 is 39.9 Å². The Bertz CT molecular complexity index is 528. The van der Waals surface area contributed by atoms with Crippen LogP contribution in [0.15, 0.2) is 27.6 Å². The van der Waals surface area contributed by atoms with E-state index in [1.807, 2.05) is 18.2 Å². The quantitative estimate of drug-likeness (QED) is 0.668. The van der Waals surface area contributed by atoms with Gasteiger partial charge < -0.3 is 10.1 Å². The maximum absolute atomic E-state index is 11.5. The Kier molecular flexibility index (Phi) is 3.86. The van der Waals surface area contributed by atoms with E-state index in [1.54, 1.807) is 13.2 Å². The monoisotopic (exact) mass is 329 g/mol. The molecule has 0 saturated carbocycles. The number of hydrogen-bond acceptors (Lipinski definition) is 4. The van der Waals surface area contributed by atoms with Gasteiger partial charge in [-0.1, -0.05) is 30.0 Å². The van der Waals surface area contributed by atoms with Crippen LogP contribution in [0.4, 0.5) is 0 Å². The standard InChI is InChI=1S/C11H8BrNO2S2/c1-15-8-3-2-6(4-7(8)12)5-9-10(14)13-11(16)17-9/h2-5H,1H3,(H,13,14,16)/b9-5-. The van der Waals surface area contributed by atoms with Gasteiger partial charge in [-0.25, -0.2) is 0 Å². The molecule has 1 aliphatic heterocycles. The molecule has 3 nitrogen and oxygen atoms in total. The lowest BCUT2D eigenvalue weighted by atomic mass is 10.2. The highest BCUT2D eigenvalue weighted by Crippen LogP contribution is 2.29. The molecule has 0 radical (unpaired) electrons. The van der Waals surface area contributed by atoms with Crippen LogP contribution in [0.5, 0.6) is 5.75 Å². The molecule has 17 heavy (non-hydrogen) atoms. The van der Waals surface area contributed by atoms with Crippen LogP contribution in [-0.4, -0.2) is 17.3 Å². The van der Waals surface area contributed by atoms with Crippen molar-refractivity contribution in [3.05, 3.63) is 33.1 Å². The van der Waals surface area contributed by atoms with Crippen molar-refractivity contribution in [3.8, 4) is 5.75 Å². The third-order valence-electron chi connectivity index (χ3n) is 2.12. The fraction of sp³-hybridized carbons (Fsp3) is 0.0909. The third kappa shape index (κ3) is 2.88. The Morgan fingerprint density at radius 1 is 1.53 bits per heavy atom. The number of halogens is 1. The van der Waals surface area contributed by atoms with Crippen molar-refractivity contribution < 1.29 is 9.53 Å². The molecule has 0 atom stereocenters. The Labute approximate surface area is 117 Å². The van der Waals surface area contributed by atoms with Crippen molar-refractivity contribution in [2.24, 2.45) is 0 Å². The number of rotatable bonds is 2. The zero-order valence-electron chi connectivity index (χ0n) is 8.82. The van der Waals surface area contributed by atoms with E-state index in [0.717, 1.165) is 15.8 Å². The summed E-state index contributed by atoms with van der Waals surface area (Å²) in [5.41, 5.74) is 0.917. The van der Waals surface area contributed by atoms with Gasteiger partial charge >= 0.3 is 0 Å². The van der Waals surface area contributed by atoms with Crippen molar-refractivity contribution in [1.29, 1.82) is 0 Å². The molecular weight excluding hydrogens is 322 g/mol. The fourth-order valence-corrected chi connectivity index (χ4v) is 2.95. The number of thioether (sulfide) groups is 1. The lowest BCUT2D eigenvalue weighted by Crippen LogP contribution is -2.17. The summed E-state index contributed by atoms with van der Waals surface area (Å²) in [7, 11) is 1.61. The number of hydrogen-bond donors (Lipinski definition) is 1. The van der Waals surface area contributed by atoms with E-state index in [9.17, 15) is 4.79 Å². The molecule has 1 N–H and O–H groups in total. The molecule has 0 aromatic heterocycles. The summed E-state index contributed by atoms with van der Waals surface area (Å²) in [6, 6.07) is 5.61. The summed E-state index contributed by atoms with van der Waals surface area (Å²) in [5.74, 6) is 0.609. The lowest BCUT2D eigenvalue weighted by Gasteiger charge is -2.03. The highest BCUT2D eigenvalue weighted by molar-refractivity contribution is 9.10. The highest BCUT2D eigenvalue weighted by Gasteiger charge is 2.21. The summed E-state index contributed by atoms with van der Waals surface area (Å²) in [6.45, 7) is 0. The van der Waals surface area contributed by atoms with E-state index in [2.05, 4.69) is 21.2 Å². The summed E-state index contributed by atoms with van der Waals surface area (Å²) in [5, 5.41) is 2.58. The normalized spacial score (nSPS) is 17.4. The smallest absolute Gasteiger partial charge is 0.263 e. The van der Waals surface area contributed by atoms with Crippen LogP contribution in [0.1, 0.15) is 5.56 Å². The number of carbonyl (C=O) groups is 1. The molecule has 1 aromatic rings. The van der Waals surface area contributed by atoms with Crippen molar-refractivity contribution in [3.63, 3.8) is 0 Å². The Morgan fingerprint density at radius 3 is 2.82 bits per heavy atom. The van der Waals surface area contributed by atoms with Crippen LogP contribution < -0.4 is 10.1 Å². The summed E-state index contributed by atoms with van der Waals surface area (Å²) >= 11 is 9.58. The minimum atomic E-state index is -0.146. The van der Waals surface area contributed by atoms with Gasteiger partial charge in [-0.05, 0) is 39.7 Å². The van der Waals surface area contributed by atoms with E-state index in [4.69, 9.17) is 17.0 Å². The van der Waals surface area contributed by atoms with Crippen molar-refractivity contribution in [1.82, 2.24) is 5.32 Å². The van der Waals surface area contributed by atoms with E-state index in [0.29, 0.717) is 9.23 Å². The number of carbonyl (C=O) groups excluding carboxylic acids is 1. The molecule has 1 saturated heterocycles. The SMILES string of the molecule is COc1ccc(/C=C2\SC(=S)NC2=O)cc1Br. The van der Waals surface area contributed by atoms with Gasteiger partial charge in [-0.2, -0.15) is 0 Å². The zero-order valence-corrected chi connectivity index (χ0v) is 12.0. The second-order valence-electron chi connectivity index (χ2n) is 3.25. The molecule has 0 unspecified atom stereocenters. The fourth-order valence-electron chi connectivity index (χ4n) is 1.34. The van der Waals surface area contributed by atoms with E-state index in [-0.39, 0.29) is 5.91 Å². The van der Waals surface area contributed by atoms with Crippen LogP contribution in [0, 0.1) is 0 Å². The largest absolute Gasteiger partial charge is 0.496 e. The molecular formula is C11H8BrNO2S2. The first-order valence-electron chi connectivity index (χ1n) is 4.68. The number of thiocarbonyl (C=S) groups is 1. The van der Waals surface area contributed by atoms with Crippen molar-refractivity contribution >= 4 is 56.2 Å². The number of benzene rings is 1. The minimum absolute atomic E-state index is 0.146. The highest BCUT2D eigenvalue weighted by atomic mass is 79.9. The summed E-state index contributed by atoms with van der Waals surface area (Å²) in [6.07, 6.45) is 1.80. The van der Waals surface area contributed by atoms with Gasteiger partial charge in [-0.15, -0.1) is 0 Å². The van der Waals surface area contributed by atoms with Crippen LogP contribution in [0.25, 0.3) is 6.08 Å². The first-order valence-corrected chi connectivity index (χ1v) is 6.70. The van der Waals surface area contributed by atoms with Crippen molar-refractivity contribution in [2.75, 3.05) is 7.11 Å². The Hall–Kier alpha value is -0.850. The molecule has 0 aliphatic carbocycles. The minimum Gasteiger partial charge on any atom is -0.496 e. The molecule has 1 aliphatic rings. The molecule has 1 fully saturated rings. The van der Waals surface area contributed by atoms with Gasteiger partial charge in [0.1, 0.15) is 10.1 Å². The summed E-state index contributed by atoms with van der Waals surface area (Å²) < 4.78 is 6.48. The van der Waals surface area contributed by atoms with E-state index >= 15 is 0 Å². The van der Waals surface area contributed by atoms with Crippen LogP contribution in [0.2, 0.25) is 0 Å². The first kappa shape index (κ1) is 12.6. The predicted molar refractivity (Wildman–Crippen MR) is 77.0 cm³/mol. The van der Waals surface area contributed by atoms with Gasteiger partial charge in [0.15, 0.2) is 0 Å². The first-order chi connectivity index (χ1) is 8.10. The van der Waals surface area contributed by atoms with Crippen LogP contribution in [-0.2, 0) is 4.79 Å². The molecule has 1 amide bonds. The molecule has 6 heteroatoms. The maximum Gasteiger partial charge on any atom is 0.263 e. The Morgan fingerprint density at radius 2 is 2.29 bits per heavy atom. The lowest BCUT2D eigenvalue weighted by molar-refractivity contribution is -0.115.